The molecule has 1 aromatic carbocycles. The third-order valence-electron chi connectivity index (χ3n) is 3.56. The summed E-state index contributed by atoms with van der Waals surface area (Å²) in [5, 5.41) is 0.668. The summed E-state index contributed by atoms with van der Waals surface area (Å²) in [6.45, 7) is 2.69. The van der Waals surface area contributed by atoms with E-state index in [0.29, 0.717) is 17.6 Å². The van der Waals surface area contributed by atoms with Crippen molar-refractivity contribution in [1.29, 1.82) is 0 Å². The fourth-order valence-electron chi connectivity index (χ4n) is 2.04. The Morgan fingerprint density at radius 1 is 1.41 bits per heavy atom. The number of likely N-dealkylation sites (N-methyl/N-ethyl adjacent to an activating group) is 1. The molecule has 0 aromatic heterocycles. The molecule has 1 saturated carbocycles. The lowest BCUT2D eigenvalue weighted by Gasteiger charge is -2.23. The maximum absolute atomic E-state index is 12.0. The molecule has 92 valence electrons. The van der Waals surface area contributed by atoms with Crippen LogP contribution < -0.4 is 0 Å². The van der Waals surface area contributed by atoms with Crippen molar-refractivity contribution in [2.24, 2.45) is 5.92 Å². The molecule has 1 unspecified atom stereocenters. The fourth-order valence-corrected chi connectivity index (χ4v) is 2.16. The van der Waals surface area contributed by atoms with Crippen LogP contribution in [-0.4, -0.2) is 30.3 Å². The van der Waals surface area contributed by atoms with E-state index in [9.17, 15) is 4.79 Å². The molecule has 0 aliphatic heterocycles. The standard InChI is InChI=1S/C14H18ClNO/c1-10(11-3-4-11)16(2)9-14(17)12-5-7-13(15)8-6-12/h5-8,10-11H,3-4,9H2,1-2H3. The lowest BCUT2D eigenvalue weighted by atomic mass is 10.1. The Kier molecular flexibility index (Phi) is 3.85. The Bertz CT molecular complexity index is 397. The Balaban J connectivity index is 1.93. The fraction of sp³-hybridized carbons (Fsp3) is 0.500. The van der Waals surface area contributed by atoms with Crippen molar-refractivity contribution in [3.8, 4) is 0 Å². The molecule has 0 saturated heterocycles. The normalized spacial score (nSPS) is 17.2. The van der Waals surface area contributed by atoms with Gasteiger partial charge in [0.05, 0.1) is 6.54 Å². The number of carbonyl (C=O) groups excluding carboxylic acids is 1. The summed E-state index contributed by atoms with van der Waals surface area (Å²) in [6, 6.07) is 7.62. The van der Waals surface area contributed by atoms with Crippen LogP contribution in [0.25, 0.3) is 0 Å². The summed E-state index contributed by atoms with van der Waals surface area (Å²) in [4.78, 5) is 14.2. The van der Waals surface area contributed by atoms with Crippen LogP contribution in [0.4, 0.5) is 0 Å². The van der Waals surface area contributed by atoms with Crippen molar-refractivity contribution in [2.45, 2.75) is 25.8 Å². The maximum atomic E-state index is 12.0. The minimum Gasteiger partial charge on any atom is -0.296 e. The maximum Gasteiger partial charge on any atom is 0.176 e. The molecule has 0 radical (unpaired) electrons. The Labute approximate surface area is 108 Å². The van der Waals surface area contributed by atoms with Crippen LogP contribution in [0.5, 0.6) is 0 Å². The van der Waals surface area contributed by atoms with Crippen LogP contribution in [0.15, 0.2) is 24.3 Å². The summed E-state index contributed by atoms with van der Waals surface area (Å²) < 4.78 is 0. The van der Waals surface area contributed by atoms with Crippen LogP contribution in [-0.2, 0) is 0 Å². The van der Waals surface area contributed by atoms with Gasteiger partial charge in [-0.2, -0.15) is 0 Å². The quantitative estimate of drug-likeness (QED) is 0.749. The zero-order chi connectivity index (χ0) is 12.4. The van der Waals surface area contributed by atoms with Crippen LogP contribution in [0, 0.1) is 5.92 Å². The summed E-state index contributed by atoms with van der Waals surface area (Å²) in [5.74, 6) is 0.953. The smallest absolute Gasteiger partial charge is 0.176 e. The number of rotatable bonds is 5. The van der Waals surface area contributed by atoms with E-state index >= 15 is 0 Å². The van der Waals surface area contributed by atoms with Crippen molar-refractivity contribution in [3.63, 3.8) is 0 Å². The number of ketones is 1. The summed E-state index contributed by atoms with van der Waals surface area (Å²) in [6.07, 6.45) is 2.61. The second kappa shape index (κ2) is 5.19. The van der Waals surface area contributed by atoms with Crippen molar-refractivity contribution >= 4 is 17.4 Å². The largest absolute Gasteiger partial charge is 0.296 e. The van der Waals surface area contributed by atoms with Gasteiger partial charge in [-0.15, -0.1) is 0 Å². The number of hydrogen-bond donors (Lipinski definition) is 0. The summed E-state index contributed by atoms with van der Waals surface area (Å²) in [5.41, 5.74) is 0.740. The van der Waals surface area contributed by atoms with Gasteiger partial charge >= 0.3 is 0 Å². The summed E-state index contributed by atoms with van der Waals surface area (Å²) >= 11 is 5.80. The van der Waals surface area contributed by atoms with Crippen LogP contribution in [0.2, 0.25) is 5.02 Å². The van der Waals surface area contributed by atoms with E-state index in [1.165, 1.54) is 12.8 Å². The number of hydrogen-bond acceptors (Lipinski definition) is 2. The zero-order valence-corrected chi connectivity index (χ0v) is 11.1. The first-order valence-electron chi connectivity index (χ1n) is 6.07. The molecule has 1 aliphatic rings. The third kappa shape index (κ3) is 3.30. The molecular weight excluding hydrogens is 234 g/mol. The van der Waals surface area contributed by atoms with Gasteiger partial charge in [0, 0.05) is 16.6 Å². The first-order chi connectivity index (χ1) is 8.08. The molecule has 0 bridgehead atoms. The Hall–Kier alpha value is -0.860. The first-order valence-corrected chi connectivity index (χ1v) is 6.44. The van der Waals surface area contributed by atoms with Gasteiger partial charge in [-0.3, -0.25) is 9.69 Å². The highest BCUT2D eigenvalue weighted by Gasteiger charge is 2.31. The Morgan fingerprint density at radius 3 is 2.53 bits per heavy atom. The molecule has 3 heteroatoms. The SMILES string of the molecule is CC(C1CC1)N(C)CC(=O)c1ccc(Cl)cc1. The van der Waals surface area contributed by atoms with Gasteiger partial charge < -0.3 is 0 Å². The molecule has 1 fully saturated rings. The average molecular weight is 252 g/mol. The Morgan fingerprint density at radius 2 is 2.00 bits per heavy atom. The van der Waals surface area contributed by atoms with Crippen molar-refractivity contribution in [2.75, 3.05) is 13.6 Å². The molecular formula is C14H18ClNO. The molecule has 17 heavy (non-hydrogen) atoms. The van der Waals surface area contributed by atoms with E-state index in [2.05, 4.69) is 11.8 Å². The molecule has 1 atom stereocenters. The van der Waals surface area contributed by atoms with Gasteiger partial charge in [0.1, 0.15) is 0 Å². The highest BCUT2D eigenvalue weighted by atomic mass is 35.5. The van der Waals surface area contributed by atoms with Crippen LogP contribution in [0.1, 0.15) is 30.1 Å². The summed E-state index contributed by atoms with van der Waals surface area (Å²) in [7, 11) is 2.02. The first kappa shape index (κ1) is 12.6. The zero-order valence-electron chi connectivity index (χ0n) is 10.3. The number of carbonyl (C=O) groups is 1. The van der Waals surface area contributed by atoms with E-state index in [1.54, 1.807) is 24.3 Å². The number of nitrogens with zero attached hydrogens (tertiary/aromatic N) is 1. The molecule has 2 nitrogen and oxygen atoms in total. The lowest BCUT2D eigenvalue weighted by molar-refractivity contribution is 0.0917. The van der Waals surface area contributed by atoms with E-state index < -0.39 is 0 Å². The second-order valence-corrected chi connectivity index (χ2v) is 5.36. The van der Waals surface area contributed by atoms with Crippen molar-refractivity contribution in [1.82, 2.24) is 4.90 Å². The molecule has 2 rings (SSSR count). The topological polar surface area (TPSA) is 20.3 Å². The molecule has 1 aromatic rings. The van der Waals surface area contributed by atoms with E-state index in [-0.39, 0.29) is 5.78 Å². The molecule has 0 amide bonds. The number of halogens is 1. The van der Waals surface area contributed by atoms with Gasteiger partial charge in [0.15, 0.2) is 5.78 Å². The predicted molar refractivity (Wildman–Crippen MR) is 70.6 cm³/mol. The van der Waals surface area contributed by atoms with Crippen molar-refractivity contribution < 1.29 is 4.79 Å². The highest BCUT2D eigenvalue weighted by Crippen LogP contribution is 2.34. The number of Topliss-reactive ketones (excluding diaryl/α,β-unsaturated/α-hetero) is 1. The average Bonchev–Trinajstić information content (AvgIpc) is 3.12. The van der Waals surface area contributed by atoms with Gasteiger partial charge in [0.2, 0.25) is 0 Å². The van der Waals surface area contributed by atoms with E-state index in [1.807, 2.05) is 7.05 Å². The van der Waals surface area contributed by atoms with Gasteiger partial charge in [0.25, 0.3) is 0 Å². The second-order valence-electron chi connectivity index (χ2n) is 4.92. The molecule has 0 spiro atoms. The molecule has 0 N–H and O–H groups in total. The molecule has 0 heterocycles. The van der Waals surface area contributed by atoms with E-state index in [0.717, 1.165) is 11.5 Å². The molecule has 1 aliphatic carbocycles. The van der Waals surface area contributed by atoms with Crippen LogP contribution in [0.3, 0.4) is 0 Å². The van der Waals surface area contributed by atoms with E-state index in [4.69, 9.17) is 11.6 Å². The van der Waals surface area contributed by atoms with Gasteiger partial charge in [-0.25, -0.2) is 0 Å². The number of benzene rings is 1. The van der Waals surface area contributed by atoms with Gasteiger partial charge in [-0.05, 0) is 57.0 Å². The third-order valence-corrected chi connectivity index (χ3v) is 3.81. The monoisotopic (exact) mass is 251 g/mol. The lowest BCUT2D eigenvalue weighted by Crippen LogP contribution is -2.35. The minimum atomic E-state index is 0.164. The van der Waals surface area contributed by atoms with Crippen molar-refractivity contribution in [3.05, 3.63) is 34.9 Å². The highest BCUT2D eigenvalue weighted by molar-refractivity contribution is 6.30. The van der Waals surface area contributed by atoms with Gasteiger partial charge in [-0.1, -0.05) is 11.6 Å². The minimum absolute atomic E-state index is 0.164. The van der Waals surface area contributed by atoms with Crippen LogP contribution >= 0.6 is 11.6 Å². The predicted octanol–water partition coefficient (Wildman–Crippen LogP) is 3.25.